The van der Waals surface area contributed by atoms with Crippen molar-refractivity contribution in [2.75, 3.05) is 31.5 Å². The van der Waals surface area contributed by atoms with E-state index < -0.39 is 0 Å². The monoisotopic (exact) mass is 339 g/mol. The molecule has 0 aliphatic carbocycles. The number of nitrogens with zero attached hydrogens (tertiary/aromatic N) is 2. The summed E-state index contributed by atoms with van der Waals surface area (Å²) in [5.41, 5.74) is 5.04. The molecule has 0 spiro atoms. The van der Waals surface area contributed by atoms with Crippen molar-refractivity contribution in [2.45, 2.75) is 20.4 Å². The highest BCUT2D eigenvalue weighted by atomic mass is 32.1. The minimum atomic E-state index is 0.833. The first-order chi connectivity index (χ1) is 11.6. The van der Waals surface area contributed by atoms with E-state index in [-0.39, 0.29) is 0 Å². The maximum absolute atomic E-state index is 5.60. The van der Waals surface area contributed by atoms with E-state index in [4.69, 9.17) is 12.2 Å². The van der Waals surface area contributed by atoms with E-state index in [0.717, 1.165) is 43.5 Å². The van der Waals surface area contributed by atoms with Crippen molar-refractivity contribution in [2.24, 2.45) is 0 Å². The maximum Gasteiger partial charge on any atom is 0.173 e. The van der Waals surface area contributed by atoms with Crippen LogP contribution in [0.4, 0.5) is 5.69 Å². The van der Waals surface area contributed by atoms with Gasteiger partial charge in [0.25, 0.3) is 0 Å². The Morgan fingerprint density at radius 1 is 1.00 bits per heavy atom. The quantitative estimate of drug-likeness (QED) is 0.857. The lowest BCUT2D eigenvalue weighted by atomic mass is 10.1. The van der Waals surface area contributed by atoms with Crippen LogP contribution in [0.5, 0.6) is 0 Å². The molecule has 4 heteroatoms. The Kier molecular flexibility index (Phi) is 5.48. The summed E-state index contributed by atoms with van der Waals surface area (Å²) >= 11 is 5.60. The third-order valence-electron chi connectivity index (χ3n) is 4.53. The summed E-state index contributed by atoms with van der Waals surface area (Å²) in [4.78, 5) is 4.77. The average molecular weight is 340 g/mol. The second-order valence-corrected chi connectivity index (χ2v) is 6.88. The number of piperazine rings is 1. The van der Waals surface area contributed by atoms with Crippen LogP contribution in [0.3, 0.4) is 0 Å². The van der Waals surface area contributed by atoms with Gasteiger partial charge in [0.2, 0.25) is 0 Å². The number of hydrogen-bond donors (Lipinski definition) is 1. The molecule has 0 radical (unpaired) electrons. The van der Waals surface area contributed by atoms with E-state index in [9.17, 15) is 0 Å². The molecule has 1 heterocycles. The predicted octanol–water partition coefficient (Wildman–Crippen LogP) is 3.82. The minimum absolute atomic E-state index is 0.833. The van der Waals surface area contributed by atoms with E-state index in [1.165, 1.54) is 16.7 Å². The van der Waals surface area contributed by atoms with Crippen LogP contribution in [0.1, 0.15) is 16.7 Å². The van der Waals surface area contributed by atoms with Gasteiger partial charge < -0.3 is 10.2 Å². The molecule has 2 aromatic rings. The highest BCUT2D eigenvalue weighted by Gasteiger charge is 2.19. The van der Waals surface area contributed by atoms with Crippen LogP contribution in [0.2, 0.25) is 0 Å². The molecular formula is C20H25N3S. The molecule has 0 saturated carbocycles. The van der Waals surface area contributed by atoms with Crippen LogP contribution in [-0.4, -0.2) is 41.1 Å². The fourth-order valence-electron chi connectivity index (χ4n) is 3.09. The summed E-state index contributed by atoms with van der Waals surface area (Å²) in [5, 5.41) is 4.22. The summed E-state index contributed by atoms with van der Waals surface area (Å²) in [7, 11) is 0. The molecule has 1 aliphatic heterocycles. The Bertz CT molecular complexity index is 706. The van der Waals surface area contributed by atoms with Crippen molar-refractivity contribution in [3.8, 4) is 0 Å². The summed E-state index contributed by atoms with van der Waals surface area (Å²) in [6, 6.07) is 17.0. The number of hydrogen-bond acceptors (Lipinski definition) is 2. The van der Waals surface area contributed by atoms with E-state index >= 15 is 0 Å². The van der Waals surface area contributed by atoms with Crippen molar-refractivity contribution < 1.29 is 0 Å². The van der Waals surface area contributed by atoms with Crippen LogP contribution in [-0.2, 0) is 6.54 Å². The molecule has 1 N–H and O–H groups in total. The molecule has 0 bridgehead atoms. The standard InChI is InChI=1S/C20H25N3S/c1-16-6-5-8-18(14-16)15-22-10-12-23(13-11-22)20(24)21-19-9-4-3-7-17(19)2/h3-9,14H,10-13,15H2,1-2H3,(H,21,24). The van der Waals surface area contributed by atoms with Gasteiger partial charge in [-0.05, 0) is 43.3 Å². The first-order valence-corrected chi connectivity index (χ1v) is 8.92. The fraction of sp³-hybridized carbons (Fsp3) is 0.350. The Labute approximate surface area is 150 Å². The zero-order chi connectivity index (χ0) is 16.9. The van der Waals surface area contributed by atoms with Crippen LogP contribution in [0.15, 0.2) is 48.5 Å². The summed E-state index contributed by atoms with van der Waals surface area (Å²) in [6.45, 7) is 9.31. The van der Waals surface area contributed by atoms with Gasteiger partial charge in [0.15, 0.2) is 5.11 Å². The molecule has 0 unspecified atom stereocenters. The van der Waals surface area contributed by atoms with Crippen molar-refractivity contribution in [3.05, 3.63) is 65.2 Å². The van der Waals surface area contributed by atoms with Crippen molar-refractivity contribution in [1.29, 1.82) is 0 Å². The number of para-hydroxylation sites is 1. The molecule has 126 valence electrons. The van der Waals surface area contributed by atoms with Gasteiger partial charge in [-0.2, -0.15) is 0 Å². The topological polar surface area (TPSA) is 18.5 Å². The second kappa shape index (κ2) is 7.77. The van der Waals surface area contributed by atoms with Crippen LogP contribution >= 0.6 is 12.2 Å². The molecule has 1 fully saturated rings. The Morgan fingerprint density at radius 3 is 2.46 bits per heavy atom. The lowest BCUT2D eigenvalue weighted by Gasteiger charge is -2.36. The summed E-state index contributed by atoms with van der Waals surface area (Å²) < 4.78 is 0. The molecule has 1 saturated heterocycles. The molecule has 2 aromatic carbocycles. The molecular weight excluding hydrogens is 314 g/mol. The Balaban J connectivity index is 1.51. The number of anilines is 1. The van der Waals surface area contributed by atoms with Gasteiger partial charge in [0.05, 0.1) is 0 Å². The van der Waals surface area contributed by atoms with Crippen molar-refractivity contribution >= 4 is 23.0 Å². The van der Waals surface area contributed by atoms with Gasteiger partial charge in [-0.1, -0.05) is 48.0 Å². The Hall–Kier alpha value is -1.91. The van der Waals surface area contributed by atoms with Gasteiger partial charge in [0, 0.05) is 38.4 Å². The summed E-state index contributed by atoms with van der Waals surface area (Å²) in [5.74, 6) is 0. The zero-order valence-corrected chi connectivity index (χ0v) is 15.3. The molecule has 0 atom stereocenters. The van der Waals surface area contributed by atoms with Crippen molar-refractivity contribution in [3.63, 3.8) is 0 Å². The van der Waals surface area contributed by atoms with Crippen molar-refractivity contribution in [1.82, 2.24) is 9.80 Å². The van der Waals surface area contributed by atoms with E-state index in [1.54, 1.807) is 0 Å². The molecule has 0 aromatic heterocycles. The molecule has 0 amide bonds. The first-order valence-electron chi connectivity index (χ1n) is 8.51. The van der Waals surface area contributed by atoms with Gasteiger partial charge >= 0.3 is 0 Å². The van der Waals surface area contributed by atoms with Gasteiger partial charge in [-0.3, -0.25) is 4.90 Å². The highest BCUT2D eigenvalue weighted by Crippen LogP contribution is 2.15. The molecule has 24 heavy (non-hydrogen) atoms. The second-order valence-electron chi connectivity index (χ2n) is 6.50. The zero-order valence-electron chi connectivity index (χ0n) is 14.5. The first kappa shape index (κ1) is 16.9. The van der Waals surface area contributed by atoms with Crippen LogP contribution in [0.25, 0.3) is 0 Å². The SMILES string of the molecule is Cc1cccc(CN2CCN(C(=S)Nc3ccccc3C)CC2)c1. The average Bonchev–Trinajstić information content (AvgIpc) is 2.57. The third kappa shape index (κ3) is 4.34. The highest BCUT2D eigenvalue weighted by molar-refractivity contribution is 7.80. The molecule has 1 aliphatic rings. The van der Waals surface area contributed by atoms with Gasteiger partial charge in [-0.15, -0.1) is 0 Å². The number of nitrogens with one attached hydrogen (secondary N) is 1. The number of aryl methyl sites for hydroxylation is 2. The number of benzene rings is 2. The smallest absolute Gasteiger partial charge is 0.173 e. The van der Waals surface area contributed by atoms with E-state index in [2.05, 4.69) is 65.4 Å². The normalized spacial score (nSPS) is 15.3. The molecule has 3 rings (SSSR count). The maximum atomic E-state index is 5.60. The molecule has 3 nitrogen and oxygen atoms in total. The summed E-state index contributed by atoms with van der Waals surface area (Å²) in [6.07, 6.45) is 0. The van der Waals surface area contributed by atoms with E-state index in [1.807, 2.05) is 12.1 Å². The van der Waals surface area contributed by atoms with Gasteiger partial charge in [-0.25, -0.2) is 0 Å². The Morgan fingerprint density at radius 2 is 1.75 bits per heavy atom. The lowest BCUT2D eigenvalue weighted by Crippen LogP contribution is -2.49. The fourth-order valence-corrected chi connectivity index (χ4v) is 3.38. The largest absolute Gasteiger partial charge is 0.346 e. The minimum Gasteiger partial charge on any atom is -0.346 e. The number of thiocarbonyl (C=S) groups is 1. The lowest BCUT2D eigenvalue weighted by molar-refractivity contribution is 0.177. The van der Waals surface area contributed by atoms with Crippen LogP contribution < -0.4 is 5.32 Å². The van der Waals surface area contributed by atoms with E-state index in [0.29, 0.717) is 0 Å². The third-order valence-corrected chi connectivity index (χ3v) is 4.90. The predicted molar refractivity (Wildman–Crippen MR) is 105 cm³/mol. The van der Waals surface area contributed by atoms with Crippen LogP contribution in [0, 0.1) is 13.8 Å². The van der Waals surface area contributed by atoms with Gasteiger partial charge in [0.1, 0.15) is 0 Å². The number of rotatable bonds is 3.